The van der Waals surface area contributed by atoms with E-state index in [-0.39, 0.29) is 51.5 Å². The summed E-state index contributed by atoms with van der Waals surface area (Å²) < 4.78 is 46.7. The minimum absolute atomic E-state index is 0.00574. The Morgan fingerprint density at radius 3 is 2.44 bits per heavy atom. The summed E-state index contributed by atoms with van der Waals surface area (Å²) in [5.74, 6) is 2.38. The first kappa shape index (κ1) is 36.1. The fourth-order valence-electron chi connectivity index (χ4n) is 9.79. The zero-order chi connectivity index (χ0) is 38.2. The molecule has 2 aliphatic carbocycles. The summed E-state index contributed by atoms with van der Waals surface area (Å²) in [6, 6.07) is 6.81. The number of likely N-dealkylation sites (tertiary alicyclic amines) is 1. The molecular weight excluding hydrogens is 701 g/mol. The van der Waals surface area contributed by atoms with Crippen molar-refractivity contribution in [1.82, 2.24) is 29.5 Å². The highest BCUT2D eigenvalue weighted by Crippen LogP contribution is 2.49. The second kappa shape index (κ2) is 13.9. The van der Waals surface area contributed by atoms with Crippen LogP contribution >= 0.6 is 0 Å². The average molecular weight is 750 g/mol. The molecule has 0 radical (unpaired) electrons. The molecule has 2 aliphatic heterocycles. The number of piperazine rings is 1. The van der Waals surface area contributed by atoms with Gasteiger partial charge in [-0.25, -0.2) is 8.78 Å². The zero-order valence-electron chi connectivity index (χ0n) is 32.1. The Balaban J connectivity index is 1.21. The molecule has 12 heteroatoms. The lowest BCUT2D eigenvalue weighted by Gasteiger charge is -2.49. The Labute approximate surface area is 320 Å². The molecule has 3 aromatic carbocycles. The highest BCUT2D eigenvalue weighted by Gasteiger charge is 2.47. The second-order valence-electron chi connectivity index (χ2n) is 16.4. The van der Waals surface area contributed by atoms with Gasteiger partial charge in [0.15, 0.2) is 5.82 Å². The number of hydrogen-bond donors (Lipinski definition) is 1. The van der Waals surface area contributed by atoms with Gasteiger partial charge in [-0.05, 0) is 86.7 Å². The second-order valence-corrected chi connectivity index (χ2v) is 16.4. The minimum Gasteiger partial charge on any atom is -0.508 e. The number of phenolic OH excluding ortho intramolecular Hbond substituents is 1. The smallest absolute Gasteiger partial charge is 0.319 e. The van der Waals surface area contributed by atoms with E-state index in [1.54, 1.807) is 18.8 Å². The molecule has 0 amide bonds. The number of nitrogens with zero attached hydrogens (tertiary/aromatic N) is 7. The lowest BCUT2D eigenvalue weighted by atomic mass is 9.79. The van der Waals surface area contributed by atoms with Crippen molar-refractivity contribution in [3.05, 3.63) is 47.7 Å². The molecule has 4 heterocycles. The molecule has 5 aromatic rings. The monoisotopic (exact) mass is 749 g/mol. The maximum atomic E-state index is 17.8. The molecule has 2 unspecified atom stereocenters. The summed E-state index contributed by atoms with van der Waals surface area (Å²) in [6.07, 6.45) is 14.2. The van der Waals surface area contributed by atoms with Gasteiger partial charge in [0.1, 0.15) is 28.4 Å². The van der Waals surface area contributed by atoms with E-state index < -0.39 is 11.6 Å². The SMILES string of the molecule is C#Cc1c(F)ccc2cc(O)cc(-c3c(F)c4nc(OCC5(CN(CC)CC)CC5)nc(N5C6CCC5CN(C5CC(COC)C5)C6)c4c4cn(C)nc34)c12. The van der Waals surface area contributed by atoms with Gasteiger partial charge < -0.3 is 24.4 Å². The van der Waals surface area contributed by atoms with E-state index in [1.807, 2.05) is 6.20 Å². The van der Waals surface area contributed by atoms with E-state index in [0.717, 1.165) is 77.9 Å². The van der Waals surface area contributed by atoms with Gasteiger partial charge in [-0.1, -0.05) is 25.8 Å². The third-order valence-corrected chi connectivity index (χ3v) is 12.9. The first-order valence-corrected chi connectivity index (χ1v) is 19.8. The molecule has 2 saturated heterocycles. The molecule has 4 fully saturated rings. The number of aromatic nitrogens is 4. The maximum Gasteiger partial charge on any atom is 0.319 e. The van der Waals surface area contributed by atoms with Crippen LogP contribution in [0, 0.1) is 35.3 Å². The number of rotatable bonds is 12. The summed E-state index contributed by atoms with van der Waals surface area (Å²) in [7, 11) is 3.57. The van der Waals surface area contributed by atoms with E-state index in [4.69, 9.17) is 31.0 Å². The van der Waals surface area contributed by atoms with Crippen LogP contribution in [0.5, 0.6) is 11.8 Å². The molecule has 2 saturated carbocycles. The number of methoxy groups -OCH3 is 1. The molecule has 2 atom stereocenters. The Morgan fingerprint density at radius 1 is 1.02 bits per heavy atom. The fraction of sp³-hybridized carbons (Fsp3) is 0.512. The van der Waals surface area contributed by atoms with Crippen LogP contribution < -0.4 is 9.64 Å². The highest BCUT2D eigenvalue weighted by molar-refractivity contribution is 6.18. The quantitative estimate of drug-likeness (QED) is 0.137. The first-order chi connectivity index (χ1) is 26.6. The zero-order valence-corrected chi connectivity index (χ0v) is 32.1. The van der Waals surface area contributed by atoms with Gasteiger partial charge >= 0.3 is 6.01 Å². The molecular formula is C43H49F2N7O3. The van der Waals surface area contributed by atoms with Crippen LogP contribution in [0.2, 0.25) is 0 Å². The third kappa shape index (κ3) is 6.15. The normalized spacial score (nSPS) is 23.2. The topological polar surface area (TPSA) is 92.0 Å². The molecule has 55 heavy (non-hydrogen) atoms. The van der Waals surface area contributed by atoms with Gasteiger partial charge in [0.25, 0.3) is 0 Å². The van der Waals surface area contributed by atoms with Crippen molar-refractivity contribution in [3.63, 3.8) is 0 Å². The van der Waals surface area contributed by atoms with E-state index in [2.05, 4.69) is 34.5 Å². The number of terminal acetylenes is 1. The molecule has 2 aromatic heterocycles. The van der Waals surface area contributed by atoms with Crippen LogP contribution in [0.15, 0.2) is 30.5 Å². The van der Waals surface area contributed by atoms with Crippen molar-refractivity contribution >= 4 is 38.4 Å². The lowest BCUT2D eigenvalue weighted by molar-refractivity contribution is 0.0199. The molecule has 1 N–H and O–H groups in total. The predicted octanol–water partition coefficient (Wildman–Crippen LogP) is 6.88. The van der Waals surface area contributed by atoms with Crippen molar-refractivity contribution in [2.45, 2.75) is 70.5 Å². The summed E-state index contributed by atoms with van der Waals surface area (Å²) in [5, 5.41) is 17.8. The highest BCUT2D eigenvalue weighted by atomic mass is 19.1. The number of fused-ring (bicyclic) bond motifs is 6. The van der Waals surface area contributed by atoms with Gasteiger partial charge in [-0.2, -0.15) is 15.1 Å². The van der Waals surface area contributed by atoms with Gasteiger partial charge in [0.05, 0.1) is 17.6 Å². The Kier molecular flexibility index (Phi) is 9.10. The van der Waals surface area contributed by atoms with Crippen LogP contribution in [-0.4, -0.2) is 106 Å². The standard InChI is InChI=1S/C43H49F2N7O3/c1-6-31-34(44)12-9-26-17-30(53)18-32(35(26)31)36-38(45)40-37(33-21-49(4)48-39(33)36)41(47-42(46-40)55-24-43(13-14-43)23-50(7-2)8-3)52-27-10-11-28(52)20-51(19-27)29-15-25(16-29)22-54-5/h1,9,12,17-18,21,25,27-29,53H,7-8,10-11,13-16,19-20,22-24H2,2-5H3. The van der Waals surface area contributed by atoms with E-state index in [9.17, 15) is 5.11 Å². The van der Waals surface area contributed by atoms with E-state index in [0.29, 0.717) is 51.4 Å². The number of benzene rings is 3. The molecule has 0 spiro atoms. The minimum atomic E-state index is -0.650. The van der Waals surface area contributed by atoms with E-state index >= 15 is 8.78 Å². The number of halogens is 2. The number of hydrogen-bond acceptors (Lipinski definition) is 9. The first-order valence-electron chi connectivity index (χ1n) is 19.8. The summed E-state index contributed by atoms with van der Waals surface area (Å²) in [4.78, 5) is 17.5. The molecule has 2 bridgehead atoms. The van der Waals surface area contributed by atoms with Crippen molar-refractivity contribution in [1.29, 1.82) is 0 Å². The summed E-state index contributed by atoms with van der Waals surface area (Å²) in [6.45, 7) is 10.2. The molecule has 4 aliphatic rings. The largest absolute Gasteiger partial charge is 0.508 e. The lowest BCUT2D eigenvalue weighted by Crippen LogP contribution is -2.59. The van der Waals surface area contributed by atoms with Crippen molar-refractivity contribution in [2.24, 2.45) is 18.4 Å². The van der Waals surface area contributed by atoms with Crippen LogP contribution in [0.3, 0.4) is 0 Å². The van der Waals surface area contributed by atoms with Gasteiger partial charge in [0.2, 0.25) is 0 Å². The van der Waals surface area contributed by atoms with Crippen molar-refractivity contribution < 1.29 is 23.4 Å². The van der Waals surface area contributed by atoms with Crippen LogP contribution in [-0.2, 0) is 11.8 Å². The maximum absolute atomic E-state index is 17.8. The molecule has 10 nitrogen and oxygen atoms in total. The van der Waals surface area contributed by atoms with Crippen molar-refractivity contribution in [2.75, 3.05) is 57.9 Å². The van der Waals surface area contributed by atoms with Crippen LogP contribution in [0.25, 0.3) is 43.7 Å². The Hall–Kier alpha value is -4.57. The summed E-state index contributed by atoms with van der Waals surface area (Å²) in [5.41, 5.74) is 0.774. The number of phenols is 1. The Morgan fingerprint density at radius 2 is 1.76 bits per heavy atom. The molecule has 9 rings (SSSR count). The average Bonchev–Trinajstić information content (AvgIpc) is 3.74. The number of aryl methyl sites for hydroxylation is 1. The van der Waals surface area contributed by atoms with Crippen molar-refractivity contribution in [3.8, 4) is 35.2 Å². The number of anilines is 1. The van der Waals surface area contributed by atoms with Gasteiger partial charge in [0, 0.05) is 86.5 Å². The Bertz CT molecular complexity index is 2330. The third-order valence-electron chi connectivity index (χ3n) is 12.9. The molecule has 288 valence electrons. The van der Waals surface area contributed by atoms with Crippen LogP contribution in [0.1, 0.15) is 57.9 Å². The van der Waals surface area contributed by atoms with Crippen LogP contribution in [0.4, 0.5) is 14.6 Å². The fourth-order valence-corrected chi connectivity index (χ4v) is 9.79. The van der Waals surface area contributed by atoms with E-state index in [1.165, 1.54) is 24.3 Å². The van der Waals surface area contributed by atoms with Gasteiger partial charge in [-0.15, -0.1) is 6.42 Å². The number of ether oxygens (including phenoxy) is 2. The van der Waals surface area contributed by atoms with Gasteiger partial charge in [-0.3, -0.25) is 9.58 Å². The number of aromatic hydroxyl groups is 1. The predicted molar refractivity (Wildman–Crippen MR) is 210 cm³/mol. The summed E-state index contributed by atoms with van der Waals surface area (Å²) >= 11 is 0.